The van der Waals surface area contributed by atoms with Gasteiger partial charge >= 0.3 is 6.03 Å². The number of carbonyl (C=O) groups is 2. The number of aromatic nitrogens is 2. The SMILES string of the molecule is O=C1COCCCN1CCN1CC(n2cc(N3CCNC3=O)cn2)C1. The van der Waals surface area contributed by atoms with Crippen LogP contribution >= 0.6 is 0 Å². The molecule has 1 aromatic heterocycles. The molecule has 4 rings (SSSR count). The second-order valence-corrected chi connectivity index (χ2v) is 6.76. The van der Waals surface area contributed by atoms with Crippen molar-refractivity contribution in [1.82, 2.24) is 24.9 Å². The second-order valence-electron chi connectivity index (χ2n) is 6.76. The van der Waals surface area contributed by atoms with Crippen LogP contribution in [0, 0.1) is 0 Å². The first-order chi connectivity index (χ1) is 12.2. The van der Waals surface area contributed by atoms with Crippen LogP contribution in [0.15, 0.2) is 12.4 Å². The van der Waals surface area contributed by atoms with Crippen LogP contribution in [0.3, 0.4) is 0 Å². The molecule has 3 amide bonds. The van der Waals surface area contributed by atoms with Gasteiger partial charge in [0.2, 0.25) is 5.91 Å². The van der Waals surface area contributed by atoms with Crippen LogP contribution in [0.2, 0.25) is 0 Å². The fourth-order valence-electron chi connectivity index (χ4n) is 3.51. The molecule has 0 aliphatic carbocycles. The van der Waals surface area contributed by atoms with Gasteiger partial charge in [0.05, 0.1) is 17.9 Å². The number of nitrogens with zero attached hydrogens (tertiary/aromatic N) is 5. The third kappa shape index (κ3) is 3.47. The summed E-state index contributed by atoms with van der Waals surface area (Å²) >= 11 is 0. The number of rotatable bonds is 5. The van der Waals surface area contributed by atoms with E-state index in [4.69, 9.17) is 4.74 Å². The Morgan fingerprint density at radius 2 is 2.12 bits per heavy atom. The zero-order chi connectivity index (χ0) is 17.2. The predicted molar refractivity (Wildman–Crippen MR) is 90.5 cm³/mol. The first-order valence-corrected chi connectivity index (χ1v) is 8.88. The minimum Gasteiger partial charge on any atom is -0.372 e. The van der Waals surface area contributed by atoms with E-state index in [1.54, 1.807) is 11.1 Å². The van der Waals surface area contributed by atoms with E-state index in [0.717, 1.165) is 44.8 Å². The summed E-state index contributed by atoms with van der Waals surface area (Å²) in [7, 11) is 0. The van der Waals surface area contributed by atoms with Crippen LogP contribution in [0.4, 0.5) is 10.5 Å². The number of carbonyl (C=O) groups excluding carboxylic acids is 2. The molecule has 4 heterocycles. The number of anilines is 1. The fraction of sp³-hybridized carbons (Fsp3) is 0.688. The lowest BCUT2D eigenvalue weighted by atomic mass is 10.1. The van der Waals surface area contributed by atoms with Gasteiger partial charge in [-0.05, 0) is 6.42 Å². The molecular formula is C16H24N6O3. The summed E-state index contributed by atoms with van der Waals surface area (Å²) in [5, 5.41) is 7.21. The van der Waals surface area contributed by atoms with Crippen LogP contribution in [0.5, 0.6) is 0 Å². The molecule has 3 aliphatic heterocycles. The highest BCUT2D eigenvalue weighted by Crippen LogP contribution is 2.23. The molecule has 9 nitrogen and oxygen atoms in total. The minimum atomic E-state index is -0.0547. The number of hydrogen-bond acceptors (Lipinski definition) is 5. The van der Waals surface area contributed by atoms with E-state index in [9.17, 15) is 9.59 Å². The Morgan fingerprint density at radius 3 is 2.92 bits per heavy atom. The van der Waals surface area contributed by atoms with Gasteiger partial charge in [0.1, 0.15) is 6.61 Å². The number of hydrogen-bond donors (Lipinski definition) is 1. The summed E-state index contributed by atoms with van der Waals surface area (Å²) < 4.78 is 7.21. The van der Waals surface area contributed by atoms with E-state index >= 15 is 0 Å². The molecule has 1 N–H and O–H groups in total. The second kappa shape index (κ2) is 7.01. The number of nitrogens with one attached hydrogen (secondary N) is 1. The maximum atomic E-state index is 11.9. The Bertz CT molecular complexity index is 642. The quantitative estimate of drug-likeness (QED) is 0.777. The molecule has 1 aromatic rings. The molecule has 0 bridgehead atoms. The van der Waals surface area contributed by atoms with Gasteiger partial charge in [-0.2, -0.15) is 5.10 Å². The number of likely N-dealkylation sites (tertiary alicyclic amines) is 1. The van der Waals surface area contributed by atoms with Gasteiger partial charge < -0.3 is 15.0 Å². The van der Waals surface area contributed by atoms with E-state index in [1.165, 1.54) is 0 Å². The Labute approximate surface area is 146 Å². The van der Waals surface area contributed by atoms with E-state index in [2.05, 4.69) is 15.3 Å². The lowest BCUT2D eigenvalue weighted by Crippen LogP contribution is -2.51. The van der Waals surface area contributed by atoms with Crippen molar-refractivity contribution in [3.05, 3.63) is 12.4 Å². The van der Waals surface area contributed by atoms with Crippen molar-refractivity contribution in [3.8, 4) is 0 Å². The van der Waals surface area contributed by atoms with Crippen molar-refractivity contribution in [3.63, 3.8) is 0 Å². The Morgan fingerprint density at radius 1 is 1.24 bits per heavy atom. The molecule has 3 aliphatic rings. The zero-order valence-corrected chi connectivity index (χ0v) is 14.3. The smallest absolute Gasteiger partial charge is 0.322 e. The molecule has 0 aromatic carbocycles. The normalized spacial score (nSPS) is 22.9. The van der Waals surface area contributed by atoms with E-state index < -0.39 is 0 Å². The van der Waals surface area contributed by atoms with Crippen LogP contribution in [0.25, 0.3) is 0 Å². The van der Waals surface area contributed by atoms with Crippen molar-refractivity contribution in [2.45, 2.75) is 12.5 Å². The number of ether oxygens (including phenoxy) is 1. The molecule has 136 valence electrons. The molecule has 0 radical (unpaired) electrons. The first kappa shape index (κ1) is 16.3. The van der Waals surface area contributed by atoms with Crippen LogP contribution < -0.4 is 10.2 Å². The minimum absolute atomic E-state index is 0.0547. The predicted octanol–water partition coefficient (Wildman–Crippen LogP) is -0.482. The van der Waals surface area contributed by atoms with Crippen LogP contribution in [-0.4, -0.2) is 90.5 Å². The van der Waals surface area contributed by atoms with E-state index in [1.807, 2.05) is 15.8 Å². The van der Waals surface area contributed by atoms with Gasteiger partial charge in [0, 0.05) is 58.6 Å². The fourth-order valence-corrected chi connectivity index (χ4v) is 3.51. The van der Waals surface area contributed by atoms with Crippen molar-refractivity contribution in [2.24, 2.45) is 0 Å². The summed E-state index contributed by atoms with van der Waals surface area (Å²) in [6, 6.07) is 0.281. The van der Waals surface area contributed by atoms with Crippen molar-refractivity contribution in [2.75, 3.05) is 63.9 Å². The standard InChI is InChI=1S/C16H24N6O3/c23-15-12-25-7-1-3-20(15)6-5-19-9-14(10-19)22-11-13(8-18-22)21-4-2-17-16(21)24/h8,11,14H,1-7,9-10,12H2,(H,17,24). The van der Waals surface area contributed by atoms with Gasteiger partial charge in [-0.1, -0.05) is 0 Å². The van der Waals surface area contributed by atoms with Gasteiger partial charge in [0.15, 0.2) is 0 Å². The molecule has 9 heteroatoms. The molecule has 25 heavy (non-hydrogen) atoms. The Balaban J connectivity index is 1.24. The maximum Gasteiger partial charge on any atom is 0.322 e. The highest BCUT2D eigenvalue weighted by Gasteiger charge is 2.30. The number of amides is 3. The van der Waals surface area contributed by atoms with Gasteiger partial charge in [0.25, 0.3) is 0 Å². The third-order valence-corrected chi connectivity index (χ3v) is 5.05. The molecule has 3 saturated heterocycles. The summed E-state index contributed by atoms with van der Waals surface area (Å²) in [4.78, 5) is 29.6. The van der Waals surface area contributed by atoms with E-state index in [0.29, 0.717) is 25.7 Å². The Kier molecular flexibility index (Phi) is 4.58. The van der Waals surface area contributed by atoms with Crippen LogP contribution in [-0.2, 0) is 9.53 Å². The monoisotopic (exact) mass is 348 g/mol. The summed E-state index contributed by atoms with van der Waals surface area (Å²) in [6.07, 6.45) is 4.61. The molecule has 0 unspecified atom stereocenters. The van der Waals surface area contributed by atoms with Crippen LogP contribution in [0.1, 0.15) is 12.5 Å². The topological polar surface area (TPSA) is 82.9 Å². The lowest BCUT2D eigenvalue weighted by Gasteiger charge is -2.40. The first-order valence-electron chi connectivity index (χ1n) is 8.88. The Hall–Kier alpha value is -2.13. The average molecular weight is 348 g/mol. The molecule has 0 spiro atoms. The van der Waals surface area contributed by atoms with Crippen molar-refractivity contribution < 1.29 is 14.3 Å². The maximum absolute atomic E-state index is 11.9. The van der Waals surface area contributed by atoms with Crippen molar-refractivity contribution in [1.29, 1.82) is 0 Å². The summed E-state index contributed by atoms with van der Waals surface area (Å²) in [5.74, 6) is 0.0928. The van der Waals surface area contributed by atoms with Gasteiger partial charge in [-0.3, -0.25) is 19.3 Å². The molecular weight excluding hydrogens is 324 g/mol. The molecule has 0 atom stereocenters. The largest absolute Gasteiger partial charge is 0.372 e. The van der Waals surface area contributed by atoms with Gasteiger partial charge in [-0.15, -0.1) is 0 Å². The zero-order valence-electron chi connectivity index (χ0n) is 14.3. The lowest BCUT2D eigenvalue weighted by molar-refractivity contribution is -0.134. The highest BCUT2D eigenvalue weighted by molar-refractivity contribution is 5.93. The van der Waals surface area contributed by atoms with Gasteiger partial charge in [-0.25, -0.2) is 4.79 Å². The molecule has 3 fully saturated rings. The van der Waals surface area contributed by atoms with Crippen molar-refractivity contribution >= 4 is 17.6 Å². The average Bonchev–Trinajstić information content (AvgIpc) is 3.14. The summed E-state index contributed by atoms with van der Waals surface area (Å²) in [6.45, 7) is 6.52. The number of urea groups is 1. The summed E-state index contributed by atoms with van der Waals surface area (Å²) in [5.41, 5.74) is 0.851. The molecule has 0 saturated carbocycles. The highest BCUT2D eigenvalue weighted by atomic mass is 16.5. The third-order valence-electron chi connectivity index (χ3n) is 5.05. The van der Waals surface area contributed by atoms with E-state index in [-0.39, 0.29) is 18.5 Å².